The van der Waals surface area contributed by atoms with E-state index in [9.17, 15) is 0 Å². The summed E-state index contributed by atoms with van der Waals surface area (Å²) in [7, 11) is 0. The summed E-state index contributed by atoms with van der Waals surface area (Å²) in [6.45, 7) is 5.35. The molecule has 0 aromatic carbocycles. The molecule has 0 amide bonds. The second kappa shape index (κ2) is 6.49. The third-order valence-electron chi connectivity index (χ3n) is 2.59. The number of nitrogens with one attached hydrogen (secondary N) is 1. The highest BCUT2D eigenvalue weighted by molar-refractivity contribution is 5.85. The number of nitrogens with zero attached hydrogens (tertiary/aromatic N) is 2. The summed E-state index contributed by atoms with van der Waals surface area (Å²) in [5.74, 6) is 2.52. The Hall–Kier alpha value is -1.08. The first kappa shape index (κ1) is 13.0. The van der Waals surface area contributed by atoms with Gasteiger partial charge in [0.15, 0.2) is 0 Å². The molecule has 1 aliphatic rings. The second-order valence-electron chi connectivity index (χ2n) is 3.72. The quantitative estimate of drug-likeness (QED) is 0.775. The molecular formula is C12H16ClN3. The lowest BCUT2D eigenvalue weighted by molar-refractivity contribution is 0.233. The van der Waals surface area contributed by atoms with Gasteiger partial charge >= 0.3 is 0 Å². The van der Waals surface area contributed by atoms with E-state index in [0.29, 0.717) is 5.69 Å². The maximum Gasteiger partial charge on any atom is 0.112 e. The van der Waals surface area contributed by atoms with Crippen LogP contribution in [-0.4, -0.2) is 36.1 Å². The average molecular weight is 238 g/mol. The molecule has 0 aliphatic carbocycles. The van der Waals surface area contributed by atoms with E-state index in [2.05, 4.69) is 27.2 Å². The first-order valence-electron chi connectivity index (χ1n) is 5.23. The summed E-state index contributed by atoms with van der Waals surface area (Å²) >= 11 is 0. The number of piperazine rings is 1. The minimum atomic E-state index is 0. The fourth-order valence-corrected chi connectivity index (χ4v) is 1.73. The predicted octanol–water partition coefficient (Wildman–Crippen LogP) is 0.890. The van der Waals surface area contributed by atoms with Crippen molar-refractivity contribution in [3.8, 4) is 12.3 Å². The van der Waals surface area contributed by atoms with Crippen molar-refractivity contribution < 1.29 is 0 Å². The predicted molar refractivity (Wildman–Crippen MR) is 67.6 cm³/mol. The van der Waals surface area contributed by atoms with Crippen LogP contribution in [0.1, 0.15) is 11.3 Å². The van der Waals surface area contributed by atoms with Gasteiger partial charge in [0.1, 0.15) is 5.69 Å². The van der Waals surface area contributed by atoms with Crippen molar-refractivity contribution in [2.45, 2.75) is 6.54 Å². The zero-order valence-electron chi connectivity index (χ0n) is 9.15. The number of aromatic nitrogens is 1. The summed E-state index contributed by atoms with van der Waals surface area (Å²) in [4.78, 5) is 6.60. The molecule has 1 aromatic rings. The molecule has 1 aliphatic heterocycles. The monoisotopic (exact) mass is 237 g/mol. The third-order valence-corrected chi connectivity index (χ3v) is 2.59. The smallest absolute Gasteiger partial charge is 0.112 e. The Bertz CT molecular complexity index is 350. The van der Waals surface area contributed by atoms with Crippen LogP contribution in [0.2, 0.25) is 0 Å². The molecule has 1 aromatic heterocycles. The molecule has 16 heavy (non-hydrogen) atoms. The second-order valence-corrected chi connectivity index (χ2v) is 3.72. The Morgan fingerprint density at radius 1 is 1.38 bits per heavy atom. The van der Waals surface area contributed by atoms with Crippen LogP contribution in [0.3, 0.4) is 0 Å². The Balaban J connectivity index is 0.00000128. The molecule has 2 rings (SSSR count). The van der Waals surface area contributed by atoms with Crippen molar-refractivity contribution in [1.29, 1.82) is 0 Å². The van der Waals surface area contributed by atoms with Gasteiger partial charge in [0, 0.05) is 38.9 Å². The van der Waals surface area contributed by atoms with Crippen molar-refractivity contribution in [2.75, 3.05) is 26.2 Å². The fourth-order valence-electron chi connectivity index (χ4n) is 1.73. The van der Waals surface area contributed by atoms with Crippen LogP contribution in [0.4, 0.5) is 0 Å². The standard InChI is InChI=1S/C12H15N3.ClH/c1-2-12-4-3-11(9-14-12)10-15-7-5-13-6-8-15;/h1,3-4,9,13H,5-8,10H2;1H. The highest BCUT2D eigenvalue weighted by atomic mass is 35.5. The Morgan fingerprint density at radius 3 is 2.69 bits per heavy atom. The van der Waals surface area contributed by atoms with E-state index < -0.39 is 0 Å². The van der Waals surface area contributed by atoms with Gasteiger partial charge in [-0.1, -0.05) is 12.0 Å². The van der Waals surface area contributed by atoms with Crippen LogP contribution in [0.25, 0.3) is 0 Å². The molecule has 1 fully saturated rings. The van der Waals surface area contributed by atoms with E-state index in [4.69, 9.17) is 6.42 Å². The van der Waals surface area contributed by atoms with Gasteiger partial charge in [-0.2, -0.15) is 0 Å². The highest BCUT2D eigenvalue weighted by Gasteiger charge is 2.09. The molecule has 0 saturated carbocycles. The van der Waals surface area contributed by atoms with Gasteiger partial charge in [0.2, 0.25) is 0 Å². The topological polar surface area (TPSA) is 28.2 Å². The molecule has 0 bridgehead atoms. The van der Waals surface area contributed by atoms with Gasteiger partial charge in [0.25, 0.3) is 0 Å². The minimum Gasteiger partial charge on any atom is -0.314 e. The molecule has 4 heteroatoms. The van der Waals surface area contributed by atoms with Gasteiger partial charge in [0.05, 0.1) is 0 Å². The maximum absolute atomic E-state index is 5.25. The van der Waals surface area contributed by atoms with E-state index in [-0.39, 0.29) is 12.4 Å². The largest absolute Gasteiger partial charge is 0.314 e. The van der Waals surface area contributed by atoms with Crippen LogP contribution >= 0.6 is 12.4 Å². The number of rotatable bonds is 2. The summed E-state index contributed by atoms with van der Waals surface area (Å²) in [6, 6.07) is 3.96. The number of terminal acetylenes is 1. The van der Waals surface area contributed by atoms with Gasteiger partial charge < -0.3 is 5.32 Å². The van der Waals surface area contributed by atoms with Crippen molar-refractivity contribution in [2.24, 2.45) is 0 Å². The fraction of sp³-hybridized carbons (Fsp3) is 0.417. The van der Waals surface area contributed by atoms with Crippen LogP contribution in [0, 0.1) is 12.3 Å². The average Bonchev–Trinajstić information content (AvgIpc) is 2.31. The Morgan fingerprint density at radius 2 is 2.12 bits per heavy atom. The lowest BCUT2D eigenvalue weighted by Crippen LogP contribution is -2.42. The normalized spacial score (nSPS) is 16.2. The number of halogens is 1. The van der Waals surface area contributed by atoms with E-state index in [0.717, 1.165) is 32.7 Å². The van der Waals surface area contributed by atoms with Gasteiger partial charge in [-0.15, -0.1) is 18.8 Å². The molecule has 0 radical (unpaired) electrons. The van der Waals surface area contributed by atoms with Crippen LogP contribution in [0.5, 0.6) is 0 Å². The van der Waals surface area contributed by atoms with Crippen molar-refractivity contribution in [1.82, 2.24) is 15.2 Å². The highest BCUT2D eigenvalue weighted by Crippen LogP contribution is 2.05. The molecule has 86 valence electrons. The van der Waals surface area contributed by atoms with Crippen molar-refractivity contribution >= 4 is 12.4 Å². The summed E-state index contributed by atoms with van der Waals surface area (Å²) < 4.78 is 0. The lowest BCUT2D eigenvalue weighted by atomic mass is 10.2. The lowest BCUT2D eigenvalue weighted by Gasteiger charge is -2.26. The Kier molecular flexibility index (Phi) is 5.27. The van der Waals surface area contributed by atoms with E-state index in [1.54, 1.807) is 0 Å². The number of pyridine rings is 1. The van der Waals surface area contributed by atoms with Gasteiger partial charge in [-0.05, 0) is 11.6 Å². The van der Waals surface area contributed by atoms with Gasteiger partial charge in [-0.25, -0.2) is 4.98 Å². The van der Waals surface area contributed by atoms with Gasteiger partial charge in [-0.3, -0.25) is 4.90 Å². The molecule has 3 nitrogen and oxygen atoms in total. The molecule has 1 saturated heterocycles. The molecule has 0 spiro atoms. The molecule has 0 atom stereocenters. The molecule has 1 N–H and O–H groups in total. The summed E-state index contributed by atoms with van der Waals surface area (Å²) in [5.41, 5.74) is 1.94. The van der Waals surface area contributed by atoms with Crippen LogP contribution in [-0.2, 0) is 6.54 Å². The summed E-state index contributed by atoms with van der Waals surface area (Å²) in [5, 5.41) is 3.33. The van der Waals surface area contributed by atoms with Crippen LogP contribution < -0.4 is 5.32 Å². The third kappa shape index (κ3) is 3.49. The number of hydrogen-bond acceptors (Lipinski definition) is 3. The molecular weight excluding hydrogens is 222 g/mol. The van der Waals surface area contributed by atoms with E-state index >= 15 is 0 Å². The first-order valence-corrected chi connectivity index (χ1v) is 5.23. The minimum absolute atomic E-state index is 0. The van der Waals surface area contributed by atoms with Crippen molar-refractivity contribution in [3.63, 3.8) is 0 Å². The number of hydrogen-bond donors (Lipinski definition) is 1. The summed E-state index contributed by atoms with van der Waals surface area (Å²) in [6.07, 6.45) is 7.13. The van der Waals surface area contributed by atoms with Crippen molar-refractivity contribution in [3.05, 3.63) is 29.6 Å². The Labute approximate surface area is 103 Å². The zero-order valence-corrected chi connectivity index (χ0v) is 9.96. The molecule has 0 unspecified atom stereocenters. The van der Waals surface area contributed by atoms with Crippen LogP contribution in [0.15, 0.2) is 18.3 Å². The van der Waals surface area contributed by atoms with E-state index in [1.807, 2.05) is 12.3 Å². The van der Waals surface area contributed by atoms with E-state index in [1.165, 1.54) is 5.56 Å². The first-order chi connectivity index (χ1) is 7.38. The SMILES string of the molecule is C#Cc1ccc(CN2CCNCC2)cn1.Cl. The zero-order chi connectivity index (χ0) is 10.5. The maximum atomic E-state index is 5.25. The molecule has 2 heterocycles.